The number of ketones is 1. The Morgan fingerprint density at radius 2 is 2.00 bits per heavy atom. The Morgan fingerprint density at radius 1 is 1.27 bits per heavy atom. The lowest BCUT2D eigenvalue weighted by molar-refractivity contribution is -0.160. The molecule has 0 aliphatic heterocycles. The van der Waals surface area contributed by atoms with Crippen LogP contribution in [0.1, 0.15) is 64.7 Å². The third kappa shape index (κ3) is 2.67. The molecule has 3 heteroatoms. The molecule has 0 aromatic carbocycles. The molecule has 3 rings (SSSR count). The number of fused-ring (bicyclic) bond motifs is 1. The highest BCUT2D eigenvalue weighted by atomic mass is 16.3. The number of hydrogen-bond donors (Lipinski definition) is 2. The Labute approximate surface area is 133 Å². The van der Waals surface area contributed by atoms with Gasteiger partial charge in [-0.25, -0.2) is 0 Å². The van der Waals surface area contributed by atoms with Crippen LogP contribution < -0.4 is 0 Å². The van der Waals surface area contributed by atoms with Crippen molar-refractivity contribution in [2.24, 2.45) is 23.2 Å². The van der Waals surface area contributed by atoms with Crippen molar-refractivity contribution in [1.82, 2.24) is 0 Å². The first kappa shape index (κ1) is 16.2. The Balaban J connectivity index is 1.67. The summed E-state index contributed by atoms with van der Waals surface area (Å²) in [5.74, 6) is 1.09. The van der Waals surface area contributed by atoms with Gasteiger partial charge in [0.05, 0.1) is 12.2 Å². The number of carbonyl (C=O) groups excluding carboxylic acids is 1. The van der Waals surface area contributed by atoms with Crippen molar-refractivity contribution in [2.75, 3.05) is 0 Å². The van der Waals surface area contributed by atoms with Crippen molar-refractivity contribution in [3.05, 3.63) is 12.2 Å². The van der Waals surface area contributed by atoms with E-state index in [4.69, 9.17) is 0 Å². The second-order valence-electron chi connectivity index (χ2n) is 7.70. The summed E-state index contributed by atoms with van der Waals surface area (Å²) in [5.41, 5.74) is -0.177. The molecule has 0 radical (unpaired) electrons. The van der Waals surface area contributed by atoms with Crippen LogP contribution in [0.3, 0.4) is 0 Å². The summed E-state index contributed by atoms with van der Waals surface area (Å²) >= 11 is 0. The van der Waals surface area contributed by atoms with Crippen LogP contribution in [-0.2, 0) is 4.79 Å². The van der Waals surface area contributed by atoms with Gasteiger partial charge in [-0.1, -0.05) is 38.3 Å². The zero-order valence-electron chi connectivity index (χ0n) is 13.7. The van der Waals surface area contributed by atoms with Crippen molar-refractivity contribution < 1.29 is 15.0 Å². The maximum absolute atomic E-state index is 12.1. The molecule has 0 bridgehead atoms. The molecule has 3 fully saturated rings. The van der Waals surface area contributed by atoms with Gasteiger partial charge in [0.25, 0.3) is 0 Å². The standard InChI is InChI=1S/C19H30O3/c1-2-19-11-10-17(21)14(15(19)12-18(19)22)8-9-16(20)13-6-4-3-5-7-13/h8-9,13-17,20-21H,2-7,10-12H2,1H3/b9-8+/t14-,15-,16-,17-,19+/m0/s1. The van der Waals surface area contributed by atoms with E-state index in [-0.39, 0.29) is 29.5 Å². The zero-order chi connectivity index (χ0) is 15.7. The number of aliphatic hydroxyl groups is 2. The molecular weight excluding hydrogens is 276 g/mol. The Bertz CT molecular complexity index is 438. The van der Waals surface area contributed by atoms with Crippen molar-refractivity contribution in [3.8, 4) is 0 Å². The van der Waals surface area contributed by atoms with Gasteiger partial charge in [-0.15, -0.1) is 0 Å². The van der Waals surface area contributed by atoms with Crippen LogP contribution in [0.25, 0.3) is 0 Å². The highest BCUT2D eigenvalue weighted by Gasteiger charge is 2.58. The molecule has 0 amide bonds. The highest BCUT2D eigenvalue weighted by Crippen LogP contribution is 2.57. The van der Waals surface area contributed by atoms with Crippen LogP contribution in [-0.4, -0.2) is 28.2 Å². The summed E-state index contributed by atoms with van der Waals surface area (Å²) in [7, 11) is 0. The average molecular weight is 306 g/mol. The minimum atomic E-state index is -0.388. The maximum Gasteiger partial charge on any atom is 0.139 e. The molecule has 0 saturated heterocycles. The lowest BCUT2D eigenvalue weighted by Crippen LogP contribution is -2.57. The third-order valence-electron chi connectivity index (χ3n) is 6.76. The summed E-state index contributed by atoms with van der Waals surface area (Å²) in [4.78, 5) is 12.1. The largest absolute Gasteiger partial charge is 0.393 e. The van der Waals surface area contributed by atoms with Crippen LogP contribution in [0.15, 0.2) is 12.2 Å². The van der Waals surface area contributed by atoms with E-state index < -0.39 is 0 Å². The van der Waals surface area contributed by atoms with E-state index in [2.05, 4.69) is 6.92 Å². The molecule has 0 heterocycles. The molecule has 5 atom stereocenters. The van der Waals surface area contributed by atoms with Gasteiger partial charge in [-0.2, -0.15) is 0 Å². The monoisotopic (exact) mass is 306 g/mol. The zero-order valence-corrected chi connectivity index (χ0v) is 13.7. The minimum absolute atomic E-state index is 0.0460. The molecule has 22 heavy (non-hydrogen) atoms. The average Bonchev–Trinajstić information content (AvgIpc) is 2.54. The maximum atomic E-state index is 12.1. The van der Waals surface area contributed by atoms with Gasteiger partial charge in [-0.05, 0) is 43.9 Å². The first-order chi connectivity index (χ1) is 10.6. The summed E-state index contributed by atoms with van der Waals surface area (Å²) in [6.45, 7) is 2.10. The van der Waals surface area contributed by atoms with Crippen molar-refractivity contribution in [2.45, 2.75) is 76.9 Å². The minimum Gasteiger partial charge on any atom is -0.393 e. The highest BCUT2D eigenvalue weighted by molar-refractivity contribution is 5.91. The van der Waals surface area contributed by atoms with Gasteiger partial charge in [0, 0.05) is 17.8 Å². The van der Waals surface area contributed by atoms with Gasteiger partial charge >= 0.3 is 0 Å². The van der Waals surface area contributed by atoms with Crippen LogP contribution in [0.2, 0.25) is 0 Å². The molecule has 0 spiro atoms. The van der Waals surface area contributed by atoms with E-state index in [9.17, 15) is 15.0 Å². The van der Waals surface area contributed by atoms with E-state index in [0.717, 1.165) is 25.7 Å². The second-order valence-corrected chi connectivity index (χ2v) is 7.70. The summed E-state index contributed by atoms with van der Waals surface area (Å²) in [6.07, 6.45) is 12.2. The van der Waals surface area contributed by atoms with Gasteiger partial charge in [0.15, 0.2) is 0 Å². The quantitative estimate of drug-likeness (QED) is 0.784. The Kier molecular flexibility index (Phi) is 4.75. The van der Waals surface area contributed by atoms with E-state index >= 15 is 0 Å². The molecule has 3 nitrogen and oxygen atoms in total. The summed E-state index contributed by atoms with van der Waals surface area (Å²) in [6, 6.07) is 0. The van der Waals surface area contributed by atoms with Crippen LogP contribution in [0.4, 0.5) is 0 Å². The lowest BCUT2D eigenvalue weighted by Gasteiger charge is -2.55. The number of rotatable bonds is 4. The lowest BCUT2D eigenvalue weighted by atomic mass is 9.48. The fourth-order valence-corrected chi connectivity index (χ4v) is 5.14. The Morgan fingerprint density at radius 3 is 2.64 bits per heavy atom. The summed E-state index contributed by atoms with van der Waals surface area (Å²) < 4.78 is 0. The molecule has 3 aliphatic carbocycles. The molecule has 0 aromatic heterocycles. The molecule has 124 valence electrons. The number of hydrogen-bond acceptors (Lipinski definition) is 3. The number of aliphatic hydroxyl groups excluding tert-OH is 2. The fourth-order valence-electron chi connectivity index (χ4n) is 5.14. The van der Waals surface area contributed by atoms with E-state index in [1.807, 2.05) is 12.2 Å². The van der Waals surface area contributed by atoms with Gasteiger partial charge in [0.1, 0.15) is 5.78 Å². The van der Waals surface area contributed by atoms with Gasteiger partial charge < -0.3 is 10.2 Å². The number of carbonyl (C=O) groups is 1. The molecular formula is C19H30O3. The SMILES string of the molecule is CC[C@@]12CC[C@H](O)[C@@H](/C=C/[C@H](O)C3CCCCC3)[C@@H]1CC2=O. The van der Waals surface area contributed by atoms with Gasteiger partial charge in [0.2, 0.25) is 0 Å². The second kappa shape index (κ2) is 6.45. The molecule has 2 N–H and O–H groups in total. The smallest absolute Gasteiger partial charge is 0.139 e. The van der Waals surface area contributed by atoms with Crippen LogP contribution in [0, 0.1) is 23.2 Å². The van der Waals surface area contributed by atoms with Gasteiger partial charge in [-0.3, -0.25) is 4.79 Å². The molecule has 3 aliphatic rings. The molecule has 0 unspecified atom stereocenters. The first-order valence-electron chi connectivity index (χ1n) is 9.16. The van der Waals surface area contributed by atoms with Crippen molar-refractivity contribution in [1.29, 1.82) is 0 Å². The molecule has 3 saturated carbocycles. The van der Waals surface area contributed by atoms with Crippen molar-refractivity contribution >= 4 is 5.78 Å². The topological polar surface area (TPSA) is 57.5 Å². The Hall–Kier alpha value is -0.670. The van der Waals surface area contributed by atoms with Crippen LogP contribution in [0.5, 0.6) is 0 Å². The number of Topliss-reactive ketones (excluding diaryl/α,β-unsaturated/α-hetero) is 1. The van der Waals surface area contributed by atoms with Crippen molar-refractivity contribution in [3.63, 3.8) is 0 Å². The van der Waals surface area contributed by atoms with E-state index in [1.54, 1.807) is 0 Å². The predicted molar refractivity (Wildman–Crippen MR) is 86.3 cm³/mol. The third-order valence-corrected chi connectivity index (χ3v) is 6.76. The van der Waals surface area contributed by atoms with E-state index in [1.165, 1.54) is 19.3 Å². The van der Waals surface area contributed by atoms with Crippen LogP contribution >= 0.6 is 0 Å². The normalized spacial score (nSPS) is 41.2. The van der Waals surface area contributed by atoms with E-state index in [0.29, 0.717) is 24.5 Å². The first-order valence-corrected chi connectivity index (χ1v) is 9.16. The summed E-state index contributed by atoms with van der Waals surface area (Å²) in [5, 5.41) is 20.8. The fraction of sp³-hybridized carbons (Fsp3) is 0.842. The molecule has 0 aromatic rings. The predicted octanol–water partition coefficient (Wildman–Crippen LogP) is 3.24.